The van der Waals surface area contributed by atoms with E-state index in [1.807, 2.05) is 0 Å². The van der Waals surface area contributed by atoms with Gasteiger partial charge in [0.1, 0.15) is 11.5 Å². The van der Waals surface area contributed by atoms with E-state index in [9.17, 15) is 37.8 Å². The number of nitrogens with zero attached hydrogens (tertiary/aromatic N) is 1. The number of carbonyl (C=O) groups is 4. The number of anilines is 1. The molecule has 0 saturated carbocycles. The van der Waals surface area contributed by atoms with Gasteiger partial charge in [0.05, 0.1) is 11.5 Å². The minimum Gasteiger partial charge on any atom is -0.396 e. The maximum Gasteiger partial charge on any atom is 0.288 e. The molecule has 2 fully saturated rings. The third-order valence-electron chi connectivity index (χ3n) is 7.27. The molecule has 3 rings (SSSR count). The van der Waals surface area contributed by atoms with Crippen molar-refractivity contribution in [2.75, 3.05) is 37.7 Å². The molecule has 0 spiro atoms. The summed E-state index contributed by atoms with van der Waals surface area (Å²) >= 11 is 0. The predicted octanol–water partition coefficient (Wildman–Crippen LogP) is -0.516. The number of hydrogen-bond acceptors (Lipinski definition) is 9. The Labute approximate surface area is 228 Å². The fourth-order valence-corrected chi connectivity index (χ4v) is 6.49. The monoisotopic (exact) mass is 566 g/mol. The van der Waals surface area contributed by atoms with Gasteiger partial charge in [0.25, 0.3) is 5.91 Å². The minimum atomic E-state index is -4.09. The van der Waals surface area contributed by atoms with Crippen molar-refractivity contribution in [3.63, 3.8) is 0 Å². The zero-order valence-corrected chi connectivity index (χ0v) is 23.1. The SMILES string of the molecule is CC(C)(CO)C(O)C(=O)NCCC(=O)C(=O)NC(C1CCNCC1)S(=O)(=O)c1ccc(N2CCCC2=O)cc1. The van der Waals surface area contributed by atoms with E-state index in [0.717, 1.165) is 6.42 Å². The van der Waals surface area contributed by atoms with Crippen LogP contribution in [0.2, 0.25) is 0 Å². The summed E-state index contributed by atoms with van der Waals surface area (Å²) in [5, 5.41) is 25.9. The number of Topliss-reactive ketones (excluding diaryl/α,β-unsaturated/α-hetero) is 1. The molecule has 1 aromatic rings. The molecule has 2 heterocycles. The lowest BCUT2D eigenvalue weighted by Gasteiger charge is -2.31. The molecule has 216 valence electrons. The van der Waals surface area contributed by atoms with E-state index in [1.165, 1.54) is 26.0 Å². The van der Waals surface area contributed by atoms with Gasteiger partial charge in [-0.2, -0.15) is 0 Å². The quantitative estimate of drug-likeness (QED) is 0.208. The second kappa shape index (κ2) is 13.0. The summed E-state index contributed by atoms with van der Waals surface area (Å²) in [5.41, 5.74) is -0.493. The largest absolute Gasteiger partial charge is 0.396 e. The third kappa shape index (κ3) is 7.41. The lowest BCUT2D eigenvalue weighted by molar-refractivity contribution is -0.139. The number of rotatable bonds is 12. The van der Waals surface area contributed by atoms with Crippen molar-refractivity contribution in [2.24, 2.45) is 11.3 Å². The van der Waals surface area contributed by atoms with Crippen LogP contribution in [0, 0.1) is 11.3 Å². The number of piperidine rings is 1. The number of aliphatic hydroxyl groups excluding tert-OH is 2. The van der Waals surface area contributed by atoms with Gasteiger partial charge in [0, 0.05) is 37.0 Å². The first-order valence-electron chi connectivity index (χ1n) is 13.1. The number of sulfone groups is 1. The molecular formula is C26H38N4O8S. The van der Waals surface area contributed by atoms with E-state index in [0.29, 0.717) is 44.6 Å². The second-order valence-corrected chi connectivity index (χ2v) is 12.8. The van der Waals surface area contributed by atoms with Crippen LogP contribution in [0.5, 0.6) is 0 Å². The van der Waals surface area contributed by atoms with Gasteiger partial charge in [0.15, 0.2) is 9.84 Å². The van der Waals surface area contributed by atoms with Crippen molar-refractivity contribution in [2.45, 2.75) is 62.3 Å². The first-order chi connectivity index (χ1) is 18.4. The van der Waals surface area contributed by atoms with Crippen molar-refractivity contribution in [1.29, 1.82) is 0 Å². The van der Waals surface area contributed by atoms with Crippen LogP contribution in [-0.2, 0) is 29.0 Å². The molecule has 39 heavy (non-hydrogen) atoms. The number of aliphatic hydroxyl groups is 2. The molecule has 0 aliphatic carbocycles. The summed E-state index contributed by atoms with van der Waals surface area (Å²) in [5.74, 6) is -3.23. The molecule has 2 atom stereocenters. The molecule has 0 aromatic heterocycles. The first-order valence-corrected chi connectivity index (χ1v) is 14.7. The van der Waals surface area contributed by atoms with Gasteiger partial charge < -0.3 is 31.1 Å². The molecule has 0 radical (unpaired) electrons. The summed E-state index contributed by atoms with van der Waals surface area (Å²) in [4.78, 5) is 51.0. The Hall–Kier alpha value is -2.87. The third-order valence-corrected chi connectivity index (χ3v) is 9.37. The molecule has 2 unspecified atom stereocenters. The first kappa shape index (κ1) is 30.7. The van der Waals surface area contributed by atoms with Gasteiger partial charge in [-0.05, 0) is 62.5 Å². The number of nitrogens with one attached hydrogen (secondary N) is 3. The highest BCUT2D eigenvalue weighted by Gasteiger charge is 2.38. The van der Waals surface area contributed by atoms with Crippen LogP contribution in [0.3, 0.4) is 0 Å². The van der Waals surface area contributed by atoms with E-state index in [4.69, 9.17) is 0 Å². The maximum absolute atomic E-state index is 13.7. The Morgan fingerprint density at radius 2 is 1.79 bits per heavy atom. The highest BCUT2D eigenvalue weighted by atomic mass is 32.2. The number of benzene rings is 1. The Morgan fingerprint density at radius 3 is 2.36 bits per heavy atom. The number of hydrogen-bond donors (Lipinski definition) is 5. The zero-order chi connectivity index (χ0) is 28.8. The Balaban J connectivity index is 1.69. The van der Waals surface area contributed by atoms with Gasteiger partial charge in [0.2, 0.25) is 17.6 Å². The predicted molar refractivity (Wildman–Crippen MR) is 142 cm³/mol. The fraction of sp³-hybridized carbons (Fsp3) is 0.615. The van der Waals surface area contributed by atoms with Gasteiger partial charge in [-0.15, -0.1) is 0 Å². The number of ketones is 1. The average Bonchev–Trinajstić information content (AvgIpc) is 3.36. The molecular weight excluding hydrogens is 528 g/mol. The Bertz CT molecular complexity index is 1160. The topological polar surface area (TPSA) is 182 Å². The van der Waals surface area contributed by atoms with E-state index >= 15 is 0 Å². The maximum atomic E-state index is 13.7. The Morgan fingerprint density at radius 1 is 1.15 bits per heavy atom. The van der Waals surface area contributed by atoms with Crippen molar-refractivity contribution >= 4 is 39.0 Å². The van der Waals surface area contributed by atoms with Crippen LogP contribution >= 0.6 is 0 Å². The highest BCUT2D eigenvalue weighted by Crippen LogP contribution is 2.28. The van der Waals surface area contributed by atoms with E-state index in [1.54, 1.807) is 17.0 Å². The lowest BCUT2D eigenvalue weighted by atomic mass is 9.87. The Kier molecular flexibility index (Phi) is 10.2. The summed E-state index contributed by atoms with van der Waals surface area (Å²) < 4.78 is 27.3. The number of carbonyl (C=O) groups excluding carboxylic acids is 4. The minimum absolute atomic E-state index is 0.0215. The van der Waals surface area contributed by atoms with Gasteiger partial charge in [-0.1, -0.05) is 13.8 Å². The molecule has 1 aromatic carbocycles. The summed E-state index contributed by atoms with van der Waals surface area (Å²) in [7, 11) is -4.09. The lowest BCUT2D eigenvalue weighted by Crippen LogP contribution is -2.51. The van der Waals surface area contributed by atoms with Crippen LogP contribution in [0.4, 0.5) is 5.69 Å². The fourth-order valence-electron chi connectivity index (χ4n) is 4.64. The smallest absolute Gasteiger partial charge is 0.288 e. The molecule has 3 amide bonds. The molecule has 5 N–H and O–H groups in total. The molecule has 2 aliphatic rings. The molecule has 13 heteroatoms. The van der Waals surface area contributed by atoms with Crippen molar-refractivity contribution in [3.8, 4) is 0 Å². The van der Waals surface area contributed by atoms with E-state index in [-0.39, 0.29) is 17.3 Å². The molecule has 0 bridgehead atoms. The normalized spacial score (nSPS) is 18.5. The highest BCUT2D eigenvalue weighted by molar-refractivity contribution is 7.92. The van der Waals surface area contributed by atoms with Crippen LogP contribution in [0.1, 0.15) is 46.0 Å². The van der Waals surface area contributed by atoms with Crippen molar-refractivity contribution in [3.05, 3.63) is 24.3 Å². The van der Waals surface area contributed by atoms with Crippen LogP contribution in [0.15, 0.2) is 29.2 Å². The van der Waals surface area contributed by atoms with Crippen molar-refractivity contribution in [1.82, 2.24) is 16.0 Å². The van der Waals surface area contributed by atoms with Gasteiger partial charge in [-0.25, -0.2) is 8.42 Å². The van der Waals surface area contributed by atoms with E-state index < -0.39 is 63.3 Å². The van der Waals surface area contributed by atoms with Gasteiger partial charge >= 0.3 is 0 Å². The molecule has 2 saturated heterocycles. The molecule has 2 aliphatic heterocycles. The average molecular weight is 567 g/mol. The van der Waals surface area contributed by atoms with Crippen LogP contribution in [0.25, 0.3) is 0 Å². The molecule has 12 nitrogen and oxygen atoms in total. The number of amides is 3. The van der Waals surface area contributed by atoms with Crippen LogP contribution < -0.4 is 20.9 Å². The second-order valence-electron chi connectivity index (χ2n) is 10.7. The summed E-state index contributed by atoms with van der Waals surface area (Å²) in [6, 6.07) is 5.95. The van der Waals surface area contributed by atoms with Crippen molar-refractivity contribution < 1.29 is 37.8 Å². The standard InChI is InChI=1S/C26H38N4O8S/c1-26(2,16-31)22(34)24(36)28-14-11-20(32)23(35)29-25(17-9-12-27-13-10-17)39(37,38)19-7-5-18(6-8-19)30-15-3-4-21(30)33/h5-8,17,22,25,27,31,34H,3-4,9-16H2,1-2H3,(H,28,36)(H,29,35). The summed E-state index contributed by atoms with van der Waals surface area (Å²) in [6.07, 6.45) is 0.225. The van der Waals surface area contributed by atoms with Gasteiger partial charge in [-0.3, -0.25) is 19.2 Å². The summed E-state index contributed by atoms with van der Waals surface area (Å²) in [6.45, 7) is 4.01. The zero-order valence-electron chi connectivity index (χ0n) is 22.3. The van der Waals surface area contributed by atoms with Crippen LogP contribution in [-0.4, -0.2) is 86.4 Å². The van der Waals surface area contributed by atoms with E-state index in [2.05, 4.69) is 16.0 Å².